The highest BCUT2D eigenvalue weighted by Crippen LogP contribution is 2.48. The maximum atomic E-state index is 13.6. The van der Waals surface area contributed by atoms with Gasteiger partial charge in [-0.15, -0.1) is 45.3 Å². The maximum absolute atomic E-state index is 13.6. The van der Waals surface area contributed by atoms with Gasteiger partial charge in [0, 0.05) is 49.8 Å². The van der Waals surface area contributed by atoms with Gasteiger partial charge in [-0.1, -0.05) is 35.4 Å². The molecule has 0 bridgehead atoms. The van der Waals surface area contributed by atoms with E-state index in [1.807, 2.05) is 26.0 Å². The fourth-order valence-corrected chi connectivity index (χ4v) is 10.6. The summed E-state index contributed by atoms with van der Waals surface area (Å²) in [5.74, 6) is -0.866. The van der Waals surface area contributed by atoms with E-state index in [0.29, 0.717) is 33.4 Å². The minimum Gasteiger partial charge on any atom is -0.465 e. The first-order chi connectivity index (χ1) is 22.2. The Kier molecular flexibility index (Phi) is 7.93. The lowest BCUT2D eigenvalue weighted by Gasteiger charge is -2.21. The molecule has 0 aliphatic rings. The lowest BCUT2D eigenvalue weighted by molar-refractivity contribution is 0.0586. The molecule has 0 aliphatic heterocycles. The lowest BCUT2D eigenvalue weighted by atomic mass is 9.86. The molecule has 0 fully saturated rings. The number of carbonyl (C=O) groups excluding carboxylic acids is 2. The van der Waals surface area contributed by atoms with Crippen molar-refractivity contribution in [2.45, 2.75) is 27.7 Å². The fraction of sp³-hybridized carbons (Fsp3) is 0.158. The van der Waals surface area contributed by atoms with Crippen LogP contribution < -0.4 is 0 Å². The van der Waals surface area contributed by atoms with Gasteiger partial charge in [-0.25, -0.2) is 9.59 Å². The van der Waals surface area contributed by atoms with Gasteiger partial charge in [-0.3, -0.25) is 0 Å². The smallest absolute Gasteiger partial charge is 0.338 e. The summed E-state index contributed by atoms with van der Waals surface area (Å²) in [7, 11) is 2.81. The monoisotopic (exact) mass is 678 g/mol. The van der Waals surface area contributed by atoms with Crippen LogP contribution in [0.1, 0.15) is 43.0 Å². The molecule has 0 saturated heterocycles. The zero-order valence-corrected chi connectivity index (χ0v) is 29.5. The highest BCUT2D eigenvalue weighted by Gasteiger charge is 2.31. The van der Waals surface area contributed by atoms with Crippen LogP contribution in [0.15, 0.2) is 72.8 Å². The third kappa shape index (κ3) is 5.19. The lowest BCUT2D eigenvalue weighted by Crippen LogP contribution is -2.14. The number of aryl methyl sites for hydroxylation is 2. The van der Waals surface area contributed by atoms with E-state index < -0.39 is 11.9 Å². The minimum absolute atomic E-state index is 0.433. The summed E-state index contributed by atoms with van der Waals surface area (Å²) in [4.78, 5) is 33.5. The number of rotatable bonds is 6. The highest BCUT2D eigenvalue weighted by molar-refractivity contribution is 7.27. The summed E-state index contributed by atoms with van der Waals surface area (Å²) in [5.41, 5.74) is 6.19. The average Bonchev–Trinajstić information content (AvgIpc) is 3.85. The predicted molar refractivity (Wildman–Crippen MR) is 196 cm³/mol. The average molecular weight is 679 g/mol. The van der Waals surface area contributed by atoms with E-state index in [1.54, 1.807) is 45.3 Å². The second-order valence-corrected chi connectivity index (χ2v) is 15.7. The van der Waals surface area contributed by atoms with Gasteiger partial charge >= 0.3 is 11.9 Å². The molecule has 4 heterocycles. The quantitative estimate of drug-likeness (QED) is 0.164. The number of fused-ring (bicyclic) bond motifs is 2. The van der Waals surface area contributed by atoms with Gasteiger partial charge in [0.1, 0.15) is 0 Å². The molecule has 0 unspecified atom stereocenters. The van der Waals surface area contributed by atoms with Crippen molar-refractivity contribution >= 4 is 77.5 Å². The van der Waals surface area contributed by atoms with Crippen LogP contribution in [0.2, 0.25) is 0 Å². The summed E-state index contributed by atoms with van der Waals surface area (Å²) in [5, 5.41) is 2.44. The van der Waals surface area contributed by atoms with Crippen molar-refractivity contribution in [3.05, 3.63) is 106 Å². The zero-order valence-electron chi connectivity index (χ0n) is 26.2. The number of carbonyl (C=O) groups is 2. The second-order valence-electron chi connectivity index (χ2n) is 11.4. The Morgan fingerprint density at radius 1 is 0.478 bits per heavy atom. The van der Waals surface area contributed by atoms with Crippen LogP contribution in [-0.2, 0) is 9.47 Å². The molecule has 230 valence electrons. The van der Waals surface area contributed by atoms with Gasteiger partial charge in [0.15, 0.2) is 0 Å². The Bertz CT molecular complexity index is 2160. The molecule has 4 nitrogen and oxygen atoms in total. The highest BCUT2D eigenvalue weighted by atomic mass is 32.1. The second kappa shape index (κ2) is 11.9. The van der Waals surface area contributed by atoms with Crippen LogP contribution in [-0.4, -0.2) is 26.2 Å². The van der Waals surface area contributed by atoms with E-state index in [1.165, 1.54) is 45.5 Å². The summed E-state index contributed by atoms with van der Waals surface area (Å²) < 4.78 is 13.2. The van der Waals surface area contributed by atoms with Gasteiger partial charge in [-0.2, -0.15) is 0 Å². The standard InChI is InChI=1S/C38H30O4S4/c1-19-7-9-25-23(15-19)17-31(43-25)27-11-13-29(45-27)33-21(3)36(38(40)42-6)34(22(4)35(33)37(39)41-5)30-14-12-28(46-30)32-18-24-16-20(2)8-10-26(24)44-32/h7-18H,1-6H3. The van der Waals surface area contributed by atoms with Crippen molar-refractivity contribution in [3.8, 4) is 40.4 Å². The third-order valence-electron chi connectivity index (χ3n) is 8.31. The Hall–Kier alpha value is -4.08. The van der Waals surface area contributed by atoms with Crippen molar-refractivity contribution in [1.29, 1.82) is 0 Å². The molecule has 7 rings (SSSR count). The largest absolute Gasteiger partial charge is 0.465 e. The Balaban J connectivity index is 1.39. The number of ether oxygens (including phenoxy) is 2. The van der Waals surface area contributed by atoms with Crippen molar-refractivity contribution in [1.82, 2.24) is 0 Å². The molecular weight excluding hydrogens is 649 g/mol. The summed E-state index contributed by atoms with van der Waals surface area (Å²) in [6, 6.07) is 25.7. The SMILES string of the molecule is COC(=O)c1c(C)c(-c2ccc(-c3cc4cc(C)ccc4s3)s2)c(C(=O)OC)c(C)c1-c1ccc(-c2cc3cc(C)ccc3s2)s1. The molecule has 0 aliphatic carbocycles. The molecule has 8 heteroatoms. The van der Waals surface area contributed by atoms with Gasteiger partial charge in [0.2, 0.25) is 0 Å². The summed E-state index contributed by atoms with van der Waals surface area (Å²) in [6.45, 7) is 8.01. The van der Waals surface area contributed by atoms with Gasteiger partial charge in [0.05, 0.1) is 25.3 Å². The zero-order chi connectivity index (χ0) is 32.3. The Labute approximate surface area is 283 Å². The number of thiophene rings is 4. The number of hydrogen-bond acceptors (Lipinski definition) is 8. The topological polar surface area (TPSA) is 52.6 Å². The first-order valence-electron chi connectivity index (χ1n) is 14.7. The van der Waals surface area contributed by atoms with Crippen LogP contribution >= 0.6 is 45.3 Å². The molecule has 4 aromatic heterocycles. The van der Waals surface area contributed by atoms with Crippen LogP contribution in [0.3, 0.4) is 0 Å². The maximum Gasteiger partial charge on any atom is 0.338 e. The van der Waals surface area contributed by atoms with Gasteiger partial charge < -0.3 is 9.47 Å². The number of methoxy groups -OCH3 is 2. The molecule has 0 saturated carbocycles. The summed E-state index contributed by atoms with van der Waals surface area (Å²) >= 11 is 6.72. The summed E-state index contributed by atoms with van der Waals surface area (Å²) in [6.07, 6.45) is 0. The van der Waals surface area contributed by atoms with Crippen LogP contribution in [0, 0.1) is 27.7 Å². The molecule has 0 N–H and O–H groups in total. The van der Waals surface area contributed by atoms with E-state index in [2.05, 4.69) is 74.5 Å². The number of hydrogen-bond donors (Lipinski definition) is 0. The minimum atomic E-state index is -0.433. The number of benzene rings is 3. The first kappa shape index (κ1) is 30.6. The van der Waals surface area contributed by atoms with Crippen molar-refractivity contribution in [3.63, 3.8) is 0 Å². The van der Waals surface area contributed by atoms with Crippen LogP contribution in [0.5, 0.6) is 0 Å². The van der Waals surface area contributed by atoms with Crippen molar-refractivity contribution in [2.24, 2.45) is 0 Å². The van der Waals surface area contributed by atoms with Gasteiger partial charge in [-0.05, 0) is 98.1 Å². The van der Waals surface area contributed by atoms with Crippen molar-refractivity contribution in [2.75, 3.05) is 14.2 Å². The Morgan fingerprint density at radius 3 is 1.26 bits per heavy atom. The van der Waals surface area contributed by atoms with E-state index in [4.69, 9.17) is 9.47 Å². The predicted octanol–water partition coefficient (Wildman–Crippen LogP) is 11.7. The number of esters is 2. The van der Waals surface area contributed by atoms with E-state index >= 15 is 0 Å². The first-order valence-corrected chi connectivity index (χ1v) is 18.0. The molecule has 46 heavy (non-hydrogen) atoms. The third-order valence-corrected chi connectivity index (χ3v) is 13.1. The molecule has 0 atom stereocenters. The fourth-order valence-electron chi connectivity index (χ4n) is 6.11. The van der Waals surface area contributed by atoms with Crippen LogP contribution in [0.25, 0.3) is 60.6 Å². The van der Waals surface area contributed by atoms with E-state index in [-0.39, 0.29) is 0 Å². The van der Waals surface area contributed by atoms with Crippen molar-refractivity contribution < 1.29 is 19.1 Å². The molecule has 0 spiro atoms. The normalized spacial score (nSPS) is 11.4. The van der Waals surface area contributed by atoms with Crippen LogP contribution in [0.4, 0.5) is 0 Å². The molecule has 7 aromatic rings. The van der Waals surface area contributed by atoms with E-state index in [9.17, 15) is 9.59 Å². The molecule has 0 amide bonds. The Morgan fingerprint density at radius 2 is 0.870 bits per heavy atom. The van der Waals surface area contributed by atoms with Gasteiger partial charge in [0.25, 0.3) is 0 Å². The molecule has 0 radical (unpaired) electrons. The molecule has 3 aromatic carbocycles. The van der Waals surface area contributed by atoms with E-state index in [0.717, 1.165) is 29.3 Å². The molecular formula is C38H30O4S4.